The van der Waals surface area contributed by atoms with Crippen LogP contribution in [0.3, 0.4) is 0 Å². The van der Waals surface area contributed by atoms with Crippen LogP contribution in [0.15, 0.2) is 24.1 Å². The molecule has 0 atom stereocenters. The number of hydrogen-bond donors (Lipinski definition) is 0. The highest BCUT2D eigenvalue weighted by Gasteiger charge is 2.28. The van der Waals surface area contributed by atoms with Gasteiger partial charge in [-0.3, -0.25) is 0 Å². The summed E-state index contributed by atoms with van der Waals surface area (Å²) in [6.45, 7) is 12.7. The van der Waals surface area contributed by atoms with Gasteiger partial charge >= 0.3 is 0 Å². The summed E-state index contributed by atoms with van der Waals surface area (Å²) in [5.41, 5.74) is 0.838. The molecule has 1 heterocycles. The first kappa shape index (κ1) is 12.1. The Morgan fingerprint density at radius 3 is 2.67 bits per heavy atom. The number of rotatable bonds is 3. The van der Waals surface area contributed by atoms with Crippen LogP contribution in [0.5, 0.6) is 0 Å². The number of morpholine rings is 1. The third-order valence-corrected chi connectivity index (χ3v) is 2.57. The molecule has 0 spiro atoms. The standard InChI is InChI=1S/C12H21NO2/c1-6-11(14-5)10(2)13-7-8-15-12(3,4)9-13/h6H,2,7-9H2,1,3-5H3. The zero-order valence-corrected chi connectivity index (χ0v) is 10.2. The van der Waals surface area contributed by atoms with Crippen molar-refractivity contribution in [3.63, 3.8) is 0 Å². The number of allylic oxidation sites excluding steroid dienone is 1. The monoisotopic (exact) mass is 211 g/mol. The molecule has 0 unspecified atom stereocenters. The zero-order chi connectivity index (χ0) is 11.5. The van der Waals surface area contributed by atoms with Crippen LogP contribution in [0.4, 0.5) is 0 Å². The molecule has 0 amide bonds. The van der Waals surface area contributed by atoms with Gasteiger partial charge < -0.3 is 14.4 Å². The van der Waals surface area contributed by atoms with E-state index >= 15 is 0 Å². The molecule has 0 bridgehead atoms. The smallest absolute Gasteiger partial charge is 0.137 e. The molecule has 86 valence electrons. The minimum Gasteiger partial charge on any atom is -0.495 e. The van der Waals surface area contributed by atoms with Gasteiger partial charge in [0.1, 0.15) is 5.76 Å². The van der Waals surface area contributed by atoms with Gasteiger partial charge in [0, 0.05) is 13.1 Å². The van der Waals surface area contributed by atoms with Gasteiger partial charge in [-0.05, 0) is 26.8 Å². The second kappa shape index (κ2) is 4.71. The molecule has 1 saturated heterocycles. The molecule has 0 saturated carbocycles. The molecule has 0 aliphatic carbocycles. The van der Waals surface area contributed by atoms with Gasteiger partial charge in [0.25, 0.3) is 0 Å². The van der Waals surface area contributed by atoms with Crippen molar-refractivity contribution in [3.05, 3.63) is 24.1 Å². The highest BCUT2D eigenvalue weighted by Crippen LogP contribution is 2.22. The van der Waals surface area contributed by atoms with E-state index in [9.17, 15) is 0 Å². The summed E-state index contributed by atoms with van der Waals surface area (Å²) in [6, 6.07) is 0. The Morgan fingerprint density at radius 2 is 2.20 bits per heavy atom. The van der Waals surface area contributed by atoms with Gasteiger partial charge in [0.05, 0.1) is 25.0 Å². The van der Waals surface area contributed by atoms with Crippen molar-refractivity contribution in [2.24, 2.45) is 0 Å². The topological polar surface area (TPSA) is 21.7 Å². The minimum atomic E-state index is -0.103. The van der Waals surface area contributed by atoms with Crippen LogP contribution in [0.25, 0.3) is 0 Å². The lowest BCUT2D eigenvalue weighted by Gasteiger charge is -2.40. The number of hydrogen-bond acceptors (Lipinski definition) is 3. The van der Waals surface area contributed by atoms with Crippen LogP contribution in [-0.4, -0.2) is 37.3 Å². The van der Waals surface area contributed by atoms with Crippen LogP contribution in [0.2, 0.25) is 0 Å². The second-order valence-corrected chi connectivity index (χ2v) is 4.33. The lowest BCUT2D eigenvalue weighted by molar-refractivity contribution is -0.0771. The molecule has 1 aliphatic rings. The molecule has 0 aromatic heterocycles. The normalized spacial score (nSPS) is 21.3. The number of nitrogens with zero attached hydrogens (tertiary/aromatic N) is 1. The Labute approximate surface area is 92.4 Å². The third-order valence-electron chi connectivity index (χ3n) is 2.57. The number of ether oxygens (including phenoxy) is 2. The highest BCUT2D eigenvalue weighted by atomic mass is 16.5. The summed E-state index contributed by atoms with van der Waals surface area (Å²) < 4.78 is 10.9. The molecule has 0 aromatic carbocycles. The molecule has 1 aliphatic heterocycles. The van der Waals surface area contributed by atoms with Crippen molar-refractivity contribution in [1.29, 1.82) is 0 Å². The zero-order valence-electron chi connectivity index (χ0n) is 10.2. The minimum absolute atomic E-state index is 0.103. The van der Waals surface area contributed by atoms with E-state index in [1.807, 2.05) is 13.0 Å². The second-order valence-electron chi connectivity index (χ2n) is 4.33. The van der Waals surface area contributed by atoms with E-state index in [-0.39, 0.29) is 5.60 Å². The van der Waals surface area contributed by atoms with Crippen LogP contribution < -0.4 is 0 Å². The quantitative estimate of drug-likeness (QED) is 0.527. The fourth-order valence-corrected chi connectivity index (χ4v) is 1.80. The average Bonchev–Trinajstić information content (AvgIpc) is 2.18. The summed E-state index contributed by atoms with van der Waals surface area (Å²) in [6.07, 6.45) is 1.94. The molecule has 0 radical (unpaired) electrons. The van der Waals surface area contributed by atoms with Gasteiger partial charge in [0.15, 0.2) is 0 Å². The summed E-state index contributed by atoms with van der Waals surface area (Å²) >= 11 is 0. The Bertz CT molecular complexity index is 269. The van der Waals surface area contributed by atoms with Crippen LogP contribution in [0, 0.1) is 0 Å². The van der Waals surface area contributed by atoms with Crippen LogP contribution in [-0.2, 0) is 9.47 Å². The van der Waals surface area contributed by atoms with E-state index < -0.39 is 0 Å². The first-order valence-electron chi connectivity index (χ1n) is 5.28. The van der Waals surface area contributed by atoms with Crippen molar-refractivity contribution in [1.82, 2.24) is 4.90 Å². The maximum Gasteiger partial charge on any atom is 0.137 e. The van der Waals surface area contributed by atoms with Gasteiger partial charge in [-0.2, -0.15) is 0 Å². The molecule has 3 heteroatoms. The van der Waals surface area contributed by atoms with Crippen molar-refractivity contribution in [3.8, 4) is 0 Å². The van der Waals surface area contributed by atoms with E-state index in [1.165, 1.54) is 0 Å². The lowest BCUT2D eigenvalue weighted by Crippen LogP contribution is -2.47. The van der Waals surface area contributed by atoms with Crippen LogP contribution in [0.1, 0.15) is 20.8 Å². The Balaban J connectivity index is 2.68. The van der Waals surface area contributed by atoms with Crippen molar-refractivity contribution in [2.75, 3.05) is 26.8 Å². The Kier molecular flexibility index (Phi) is 3.80. The van der Waals surface area contributed by atoms with E-state index in [0.717, 1.165) is 31.2 Å². The molecule has 3 nitrogen and oxygen atoms in total. The third kappa shape index (κ3) is 2.99. The molecule has 1 fully saturated rings. The first-order chi connectivity index (χ1) is 7.00. The van der Waals surface area contributed by atoms with Crippen molar-refractivity contribution in [2.45, 2.75) is 26.4 Å². The van der Waals surface area contributed by atoms with Gasteiger partial charge in [-0.1, -0.05) is 6.58 Å². The Morgan fingerprint density at radius 1 is 1.53 bits per heavy atom. The first-order valence-corrected chi connectivity index (χ1v) is 5.28. The maximum atomic E-state index is 5.65. The predicted molar refractivity (Wildman–Crippen MR) is 61.5 cm³/mol. The average molecular weight is 211 g/mol. The maximum absolute atomic E-state index is 5.65. The molecule has 0 aromatic rings. The van der Waals surface area contributed by atoms with E-state index in [0.29, 0.717) is 0 Å². The largest absolute Gasteiger partial charge is 0.495 e. The molecule has 0 N–H and O–H groups in total. The number of methoxy groups -OCH3 is 1. The SMILES string of the molecule is C=C(C(=CC)OC)N1CCOC(C)(C)C1. The summed E-state index contributed by atoms with van der Waals surface area (Å²) in [4.78, 5) is 2.21. The van der Waals surface area contributed by atoms with E-state index in [4.69, 9.17) is 9.47 Å². The van der Waals surface area contributed by atoms with Crippen molar-refractivity contribution < 1.29 is 9.47 Å². The fourth-order valence-electron chi connectivity index (χ4n) is 1.80. The Hall–Kier alpha value is -0.960. The molecule has 1 rings (SSSR count). The summed E-state index contributed by atoms with van der Waals surface area (Å²) in [7, 11) is 1.67. The van der Waals surface area contributed by atoms with Gasteiger partial charge in [-0.25, -0.2) is 0 Å². The predicted octanol–water partition coefficient (Wildman–Crippen LogP) is 2.16. The molecular formula is C12H21NO2. The lowest BCUT2D eigenvalue weighted by atomic mass is 10.1. The molecule has 15 heavy (non-hydrogen) atoms. The van der Waals surface area contributed by atoms with E-state index in [1.54, 1.807) is 7.11 Å². The summed E-state index contributed by atoms with van der Waals surface area (Å²) in [5.74, 6) is 0.840. The van der Waals surface area contributed by atoms with Crippen molar-refractivity contribution >= 4 is 0 Å². The van der Waals surface area contributed by atoms with Crippen LogP contribution >= 0.6 is 0 Å². The van der Waals surface area contributed by atoms with Gasteiger partial charge in [-0.15, -0.1) is 0 Å². The summed E-state index contributed by atoms with van der Waals surface area (Å²) in [5, 5.41) is 0. The molecular weight excluding hydrogens is 190 g/mol. The highest BCUT2D eigenvalue weighted by molar-refractivity contribution is 5.21. The van der Waals surface area contributed by atoms with E-state index in [2.05, 4.69) is 25.3 Å². The fraction of sp³-hybridized carbons (Fsp3) is 0.667. The van der Waals surface area contributed by atoms with Gasteiger partial charge in [0.2, 0.25) is 0 Å².